The Labute approximate surface area is 121 Å². The van der Waals surface area contributed by atoms with E-state index in [1.165, 1.54) is 6.42 Å². The van der Waals surface area contributed by atoms with E-state index >= 15 is 0 Å². The van der Waals surface area contributed by atoms with E-state index in [1.807, 2.05) is 13.0 Å². The van der Waals surface area contributed by atoms with Gasteiger partial charge in [0.1, 0.15) is 0 Å². The molecule has 1 saturated heterocycles. The lowest BCUT2D eigenvalue weighted by molar-refractivity contribution is 0.0951. The molecule has 1 aliphatic heterocycles. The van der Waals surface area contributed by atoms with E-state index in [-0.39, 0.29) is 5.91 Å². The second-order valence-corrected chi connectivity index (χ2v) is 6.15. The van der Waals surface area contributed by atoms with Crippen molar-refractivity contribution in [1.82, 2.24) is 15.2 Å². The Morgan fingerprint density at radius 3 is 2.80 bits per heavy atom. The molecule has 20 heavy (non-hydrogen) atoms. The van der Waals surface area contributed by atoms with Crippen molar-refractivity contribution in [2.75, 3.05) is 19.6 Å². The molecule has 2 heterocycles. The number of carbonyl (C=O) groups excluding carboxylic acids is 1. The first-order chi connectivity index (χ1) is 9.50. The van der Waals surface area contributed by atoms with Crippen LogP contribution in [0.1, 0.15) is 54.5 Å². The molecule has 1 aromatic heterocycles. The molecule has 0 aliphatic carbocycles. The fraction of sp³-hybridized carbons (Fsp3) is 0.688. The molecule has 0 bridgehead atoms. The molecule has 0 radical (unpaired) electrons. The molecule has 1 amide bonds. The maximum Gasteiger partial charge on any atom is 0.253 e. The molecule has 1 aromatic rings. The number of aryl methyl sites for hydroxylation is 1. The van der Waals surface area contributed by atoms with Gasteiger partial charge in [0, 0.05) is 24.0 Å². The van der Waals surface area contributed by atoms with Crippen molar-refractivity contribution in [3.63, 3.8) is 0 Å². The van der Waals surface area contributed by atoms with E-state index in [1.54, 1.807) is 0 Å². The topological polar surface area (TPSA) is 46.1 Å². The van der Waals surface area contributed by atoms with Gasteiger partial charge in [0.15, 0.2) is 0 Å². The highest BCUT2D eigenvalue weighted by molar-refractivity contribution is 5.95. The van der Waals surface area contributed by atoms with Crippen molar-refractivity contribution < 1.29 is 4.79 Å². The molecule has 0 spiro atoms. The van der Waals surface area contributed by atoms with Gasteiger partial charge in [-0.05, 0) is 65.6 Å². The van der Waals surface area contributed by atoms with Crippen LogP contribution in [0.5, 0.6) is 0 Å². The van der Waals surface area contributed by atoms with Crippen LogP contribution in [-0.2, 0) is 0 Å². The summed E-state index contributed by atoms with van der Waals surface area (Å²) in [6, 6.07) is 2.39. The summed E-state index contributed by atoms with van der Waals surface area (Å²) in [6.45, 7) is 11.4. The molecule has 1 atom stereocenters. The highest BCUT2D eigenvalue weighted by atomic mass is 16.1. The zero-order chi connectivity index (χ0) is 14.7. The molecule has 2 rings (SSSR count). The van der Waals surface area contributed by atoms with Crippen LogP contribution in [0, 0.1) is 19.8 Å². The van der Waals surface area contributed by atoms with Crippen LogP contribution in [-0.4, -0.2) is 30.1 Å². The van der Waals surface area contributed by atoms with Gasteiger partial charge >= 0.3 is 0 Å². The molecule has 1 unspecified atom stereocenters. The molecule has 1 fully saturated rings. The summed E-state index contributed by atoms with van der Waals surface area (Å²) in [4.78, 5) is 12.3. The lowest BCUT2D eigenvalue weighted by Gasteiger charge is -2.14. The van der Waals surface area contributed by atoms with Crippen molar-refractivity contribution in [3.8, 4) is 0 Å². The third-order valence-electron chi connectivity index (χ3n) is 4.25. The number of carbonyl (C=O) groups is 1. The Balaban J connectivity index is 1.93. The maximum absolute atomic E-state index is 12.3. The minimum absolute atomic E-state index is 0.0657. The number of nitrogens with zero attached hydrogens (tertiary/aromatic N) is 1. The maximum atomic E-state index is 12.3. The van der Waals surface area contributed by atoms with Gasteiger partial charge < -0.3 is 15.2 Å². The fourth-order valence-electron chi connectivity index (χ4n) is 3.25. The summed E-state index contributed by atoms with van der Waals surface area (Å²) in [7, 11) is 0. The van der Waals surface area contributed by atoms with Crippen molar-refractivity contribution in [1.29, 1.82) is 0 Å². The number of hydrogen-bond acceptors (Lipinski definition) is 2. The van der Waals surface area contributed by atoms with Gasteiger partial charge in [-0.2, -0.15) is 0 Å². The van der Waals surface area contributed by atoms with Gasteiger partial charge in [0.05, 0.1) is 5.56 Å². The molecule has 112 valence electrons. The number of nitrogens with one attached hydrogen (secondary N) is 2. The standard InChI is InChI=1S/C16H27N3O/c1-11(2)19-12(3)9-15(13(19)4)16(20)18-8-6-14-5-7-17-10-14/h9,11,14,17H,5-8,10H2,1-4H3,(H,18,20). The summed E-state index contributed by atoms with van der Waals surface area (Å²) in [5.41, 5.74) is 3.04. The van der Waals surface area contributed by atoms with Crippen LogP contribution >= 0.6 is 0 Å². The van der Waals surface area contributed by atoms with E-state index < -0.39 is 0 Å². The molecular formula is C16H27N3O. The predicted octanol–water partition coefficient (Wildman–Crippen LogP) is 2.42. The smallest absolute Gasteiger partial charge is 0.253 e. The van der Waals surface area contributed by atoms with Gasteiger partial charge in [-0.25, -0.2) is 0 Å². The van der Waals surface area contributed by atoms with Crippen molar-refractivity contribution in [2.24, 2.45) is 5.92 Å². The summed E-state index contributed by atoms with van der Waals surface area (Å²) < 4.78 is 2.22. The van der Waals surface area contributed by atoms with Crippen molar-refractivity contribution in [3.05, 3.63) is 23.0 Å². The van der Waals surface area contributed by atoms with E-state index in [0.717, 1.165) is 48.9 Å². The lowest BCUT2D eigenvalue weighted by Crippen LogP contribution is -2.26. The van der Waals surface area contributed by atoms with E-state index in [0.29, 0.717) is 6.04 Å². The van der Waals surface area contributed by atoms with E-state index in [9.17, 15) is 4.79 Å². The first kappa shape index (κ1) is 15.1. The average molecular weight is 277 g/mol. The molecule has 1 aliphatic rings. The monoisotopic (exact) mass is 277 g/mol. The highest BCUT2D eigenvalue weighted by Gasteiger charge is 2.18. The van der Waals surface area contributed by atoms with Crippen LogP contribution in [0.4, 0.5) is 0 Å². The molecule has 0 aromatic carbocycles. The number of amides is 1. The Hall–Kier alpha value is -1.29. The Bertz CT molecular complexity index is 470. The predicted molar refractivity (Wildman–Crippen MR) is 82.2 cm³/mol. The van der Waals surface area contributed by atoms with Crippen LogP contribution in [0.2, 0.25) is 0 Å². The normalized spacial score (nSPS) is 18.8. The zero-order valence-electron chi connectivity index (χ0n) is 13.1. The summed E-state index contributed by atoms with van der Waals surface area (Å²) in [5.74, 6) is 0.786. The molecular weight excluding hydrogens is 250 g/mol. The van der Waals surface area contributed by atoms with Crippen LogP contribution in [0.25, 0.3) is 0 Å². The largest absolute Gasteiger partial charge is 0.352 e. The van der Waals surface area contributed by atoms with E-state index in [4.69, 9.17) is 0 Å². The fourth-order valence-corrected chi connectivity index (χ4v) is 3.25. The number of aromatic nitrogens is 1. The van der Waals surface area contributed by atoms with Gasteiger partial charge in [-0.3, -0.25) is 4.79 Å². The van der Waals surface area contributed by atoms with Crippen molar-refractivity contribution >= 4 is 5.91 Å². The Morgan fingerprint density at radius 1 is 1.50 bits per heavy atom. The Kier molecular flexibility index (Phi) is 4.86. The van der Waals surface area contributed by atoms with E-state index in [2.05, 4.69) is 36.0 Å². The zero-order valence-corrected chi connectivity index (χ0v) is 13.1. The Morgan fingerprint density at radius 2 is 2.25 bits per heavy atom. The SMILES string of the molecule is Cc1cc(C(=O)NCCC2CCNC2)c(C)n1C(C)C. The average Bonchev–Trinajstić information content (AvgIpc) is 2.97. The quantitative estimate of drug-likeness (QED) is 0.868. The minimum atomic E-state index is 0.0657. The lowest BCUT2D eigenvalue weighted by atomic mass is 10.1. The van der Waals surface area contributed by atoms with Crippen LogP contribution in [0.15, 0.2) is 6.07 Å². The second kappa shape index (κ2) is 6.44. The molecule has 4 heteroatoms. The minimum Gasteiger partial charge on any atom is -0.352 e. The molecule has 4 nitrogen and oxygen atoms in total. The summed E-state index contributed by atoms with van der Waals surface area (Å²) >= 11 is 0. The van der Waals surface area contributed by atoms with Crippen molar-refractivity contribution in [2.45, 2.75) is 46.6 Å². The number of rotatable bonds is 5. The number of hydrogen-bond donors (Lipinski definition) is 2. The summed E-state index contributed by atoms with van der Waals surface area (Å²) in [5, 5.41) is 6.42. The first-order valence-corrected chi connectivity index (χ1v) is 7.68. The second-order valence-electron chi connectivity index (χ2n) is 6.15. The highest BCUT2D eigenvalue weighted by Crippen LogP contribution is 2.20. The third kappa shape index (κ3) is 3.23. The van der Waals surface area contributed by atoms with Gasteiger partial charge in [-0.1, -0.05) is 0 Å². The van der Waals surface area contributed by atoms with Crippen LogP contribution in [0.3, 0.4) is 0 Å². The van der Waals surface area contributed by atoms with Gasteiger partial charge in [0.25, 0.3) is 5.91 Å². The third-order valence-corrected chi connectivity index (χ3v) is 4.25. The molecule has 0 saturated carbocycles. The van der Waals surface area contributed by atoms with Crippen LogP contribution < -0.4 is 10.6 Å². The molecule has 2 N–H and O–H groups in total. The summed E-state index contributed by atoms with van der Waals surface area (Å²) in [6.07, 6.45) is 2.30. The first-order valence-electron chi connectivity index (χ1n) is 7.68. The van der Waals surface area contributed by atoms with Gasteiger partial charge in [-0.15, -0.1) is 0 Å². The van der Waals surface area contributed by atoms with Gasteiger partial charge in [0.2, 0.25) is 0 Å².